The van der Waals surface area contributed by atoms with Crippen LogP contribution in [0.5, 0.6) is 0 Å². The van der Waals surface area contributed by atoms with Crippen molar-refractivity contribution in [1.82, 2.24) is 25.1 Å². The Bertz CT molecular complexity index is 1030. The Kier molecular flexibility index (Phi) is 7.30. The van der Waals surface area contributed by atoms with E-state index in [1.54, 1.807) is 16.9 Å². The van der Waals surface area contributed by atoms with Crippen LogP contribution in [0.1, 0.15) is 37.8 Å². The molecule has 160 valence electrons. The highest BCUT2D eigenvalue weighted by Gasteiger charge is 2.13. The molecule has 8 nitrogen and oxygen atoms in total. The largest absolute Gasteiger partial charge is 0.300 e. The number of benzene rings is 2. The van der Waals surface area contributed by atoms with Crippen LogP contribution in [0.4, 0.5) is 0 Å². The van der Waals surface area contributed by atoms with Crippen molar-refractivity contribution in [2.24, 2.45) is 5.14 Å². The molecule has 0 saturated carbocycles. The van der Waals surface area contributed by atoms with Crippen LogP contribution in [-0.4, -0.2) is 47.1 Å². The summed E-state index contributed by atoms with van der Waals surface area (Å²) in [6, 6.07) is 16.8. The number of sulfonamides is 1. The third-order valence-corrected chi connectivity index (χ3v) is 6.14. The van der Waals surface area contributed by atoms with Crippen LogP contribution in [-0.2, 0) is 16.6 Å². The average Bonchev–Trinajstić information content (AvgIpc) is 3.22. The lowest BCUT2D eigenvalue weighted by Gasteiger charge is -2.25. The number of aryl methyl sites for hydroxylation is 1. The molecular formula is C21H28N6O2S. The van der Waals surface area contributed by atoms with E-state index in [9.17, 15) is 8.42 Å². The summed E-state index contributed by atoms with van der Waals surface area (Å²) in [5.74, 6) is 0.651. The van der Waals surface area contributed by atoms with Crippen molar-refractivity contribution in [1.29, 1.82) is 0 Å². The van der Waals surface area contributed by atoms with Crippen LogP contribution in [0.3, 0.4) is 0 Å². The monoisotopic (exact) mass is 428 g/mol. The molecule has 9 heteroatoms. The van der Waals surface area contributed by atoms with Gasteiger partial charge in [-0.15, -0.1) is 10.2 Å². The number of hydrogen-bond donors (Lipinski definition) is 1. The first-order valence-electron chi connectivity index (χ1n) is 10.0. The van der Waals surface area contributed by atoms with E-state index < -0.39 is 10.0 Å². The summed E-state index contributed by atoms with van der Waals surface area (Å²) in [6.45, 7) is 3.79. The van der Waals surface area contributed by atoms with Gasteiger partial charge in [-0.1, -0.05) is 48.9 Å². The van der Waals surface area contributed by atoms with E-state index >= 15 is 0 Å². The predicted octanol–water partition coefficient (Wildman–Crippen LogP) is 2.85. The van der Waals surface area contributed by atoms with Crippen molar-refractivity contribution in [3.05, 3.63) is 60.2 Å². The number of nitrogens with two attached hydrogens (primary N) is 1. The Morgan fingerprint density at radius 3 is 2.40 bits per heavy atom. The third kappa shape index (κ3) is 5.94. The SMILES string of the molecule is CC(c1ccc(S(N)(=O)=O)cc1)N(C)CCCCCn1nnc(-c2ccccc2)n1. The molecule has 0 aliphatic carbocycles. The van der Waals surface area contributed by atoms with E-state index in [2.05, 4.69) is 34.3 Å². The van der Waals surface area contributed by atoms with Gasteiger partial charge in [0.05, 0.1) is 11.4 Å². The summed E-state index contributed by atoms with van der Waals surface area (Å²) in [6.07, 6.45) is 3.09. The van der Waals surface area contributed by atoms with Crippen molar-refractivity contribution >= 4 is 10.0 Å². The summed E-state index contributed by atoms with van der Waals surface area (Å²) in [7, 11) is -1.58. The Morgan fingerprint density at radius 1 is 1.03 bits per heavy atom. The minimum absolute atomic E-state index is 0.137. The summed E-state index contributed by atoms with van der Waals surface area (Å²) in [4.78, 5) is 4.05. The molecule has 2 N–H and O–H groups in total. The predicted molar refractivity (Wildman–Crippen MR) is 116 cm³/mol. The second kappa shape index (κ2) is 9.92. The van der Waals surface area contributed by atoms with Gasteiger partial charge in [0.1, 0.15) is 0 Å². The molecule has 1 aromatic heterocycles. The van der Waals surface area contributed by atoms with E-state index in [1.807, 2.05) is 42.5 Å². The van der Waals surface area contributed by atoms with E-state index in [0.717, 1.165) is 43.5 Å². The number of primary sulfonamides is 1. The maximum Gasteiger partial charge on any atom is 0.238 e. The van der Waals surface area contributed by atoms with Crippen LogP contribution < -0.4 is 5.14 Å². The van der Waals surface area contributed by atoms with Crippen molar-refractivity contribution in [2.75, 3.05) is 13.6 Å². The molecule has 0 aliphatic rings. The maximum atomic E-state index is 11.4. The van der Waals surface area contributed by atoms with Crippen LogP contribution in [0.2, 0.25) is 0 Å². The first kappa shape index (κ1) is 22.1. The minimum Gasteiger partial charge on any atom is -0.300 e. The topological polar surface area (TPSA) is 107 Å². The van der Waals surface area contributed by atoms with Gasteiger partial charge < -0.3 is 0 Å². The van der Waals surface area contributed by atoms with Crippen LogP contribution in [0.25, 0.3) is 11.4 Å². The quantitative estimate of drug-likeness (QED) is 0.498. The first-order chi connectivity index (χ1) is 14.3. The summed E-state index contributed by atoms with van der Waals surface area (Å²) >= 11 is 0. The fourth-order valence-corrected chi connectivity index (χ4v) is 3.73. The zero-order valence-electron chi connectivity index (χ0n) is 17.3. The number of hydrogen-bond acceptors (Lipinski definition) is 6. The Labute approximate surface area is 177 Å². The molecule has 3 aromatic rings. The molecule has 0 aliphatic heterocycles. The van der Waals surface area contributed by atoms with E-state index in [0.29, 0.717) is 5.82 Å². The molecule has 0 saturated heterocycles. The molecule has 1 heterocycles. The van der Waals surface area contributed by atoms with Gasteiger partial charge in [0.15, 0.2) is 0 Å². The van der Waals surface area contributed by atoms with Crippen molar-refractivity contribution in [3.8, 4) is 11.4 Å². The average molecular weight is 429 g/mol. The molecule has 3 rings (SSSR count). The molecular weight excluding hydrogens is 400 g/mol. The lowest BCUT2D eigenvalue weighted by molar-refractivity contribution is 0.254. The minimum atomic E-state index is -3.65. The van der Waals surface area contributed by atoms with Crippen molar-refractivity contribution in [3.63, 3.8) is 0 Å². The fourth-order valence-electron chi connectivity index (χ4n) is 3.22. The molecule has 0 bridgehead atoms. The summed E-state index contributed by atoms with van der Waals surface area (Å²) in [5, 5.41) is 17.8. The van der Waals surface area contributed by atoms with Crippen LogP contribution in [0.15, 0.2) is 59.5 Å². The Balaban J connectivity index is 1.40. The number of aromatic nitrogens is 4. The highest BCUT2D eigenvalue weighted by atomic mass is 32.2. The Hall–Kier alpha value is -2.62. The van der Waals surface area contributed by atoms with E-state index in [4.69, 9.17) is 5.14 Å². The fraction of sp³-hybridized carbons (Fsp3) is 0.381. The normalized spacial score (nSPS) is 12.9. The van der Waals surface area contributed by atoms with Gasteiger partial charge in [0.2, 0.25) is 15.8 Å². The highest BCUT2D eigenvalue weighted by Crippen LogP contribution is 2.21. The second-order valence-electron chi connectivity index (χ2n) is 7.41. The highest BCUT2D eigenvalue weighted by molar-refractivity contribution is 7.89. The van der Waals surface area contributed by atoms with Crippen LogP contribution in [0, 0.1) is 0 Å². The Morgan fingerprint density at radius 2 is 1.73 bits per heavy atom. The molecule has 0 fully saturated rings. The number of nitrogens with zero attached hydrogens (tertiary/aromatic N) is 5. The first-order valence-corrected chi connectivity index (χ1v) is 11.6. The van der Waals surface area contributed by atoms with Gasteiger partial charge in [-0.2, -0.15) is 4.80 Å². The van der Waals surface area contributed by atoms with Gasteiger partial charge in [-0.05, 0) is 56.3 Å². The van der Waals surface area contributed by atoms with Gasteiger partial charge in [0, 0.05) is 11.6 Å². The smallest absolute Gasteiger partial charge is 0.238 e. The lowest BCUT2D eigenvalue weighted by atomic mass is 10.1. The summed E-state index contributed by atoms with van der Waals surface area (Å²) in [5.41, 5.74) is 2.03. The number of unbranched alkanes of at least 4 members (excludes halogenated alkanes) is 2. The van der Waals surface area contributed by atoms with E-state index in [1.165, 1.54) is 0 Å². The molecule has 30 heavy (non-hydrogen) atoms. The molecule has 0 amide bonds. The van der Waals surface area contributed by atoms with Gasteiger partial charge in [-0.25, -0.2) is 13.6 Å². The zero-order chi connectivity index (χ0) is 21.6. The van der Waals surface area contributed by atoms with E-state index in [-0.39, 0.29) is 10.9 Å². The lowest BCUT2D eigenvalue weighted by Crippen LogP contribution is -2.23. The standard InChI is InChI=1S/C21H28N6O2S/c1-17(18-11-13-20(14-12-18)30(22,28)29)26(2)15-7-4-8-16-27-24-21(23-25-27)19-9-5-3-6-10-19/h3,5-6,9-14,17H,4,7-8,15-16H2,1-2H3,(H2,22,28,29). The molecule has 0 radical (unpaired) electrons. The maximum absolute atomic E-state index is 11.4. The molecule has 2 aromatic carbocycles. The third-order valence-electron chi connectivity index (χ3n) is 5.21. The van der Waals surface area contributed by atoms with Gasteiger partial charge in [-0.3, -0.25) is 4.90 Å². The number of tetrazole rings is 1. The molecule has 1 atom stereocenters. The van der Waals surface area contributed by atoms with Gasteiger partial charge >= 0.3 is 0 Å². The molecule has 0 spiro atoms. The van der Waals surface area contributed by atoms with Gasteiger partial charge in [0.25, 0.3) is 0 Å². The second-order valence-corrected chi connectivity index (χ2v) is 8.97. The molecule has 1 unspecified atom stereocenters. The number of rotatable bonds is 10. The van der Waals surface area contributed by atoms with Crippen molar-refractivity contribution < 1.29 is 8.42 Å². The van der Waals surface area contributed by atoms with Crippen molar-refractivity contribution in [2.45, 2.75) is 43.7 Å². The van der Waals surface area contributed by atoms with Crippen LogP contribution >= 0.6 is 0 Å². The zero-order valence-corrected chi connectivity index (χ0v) is 18.2. The summed E-state index contributed by atoms with van der Waals surface area (Å²) < 4.78 is 22.8.